The Bertz CT molecular complexity index is 477. The third-order valence-electron chi connectivity index (χ3n) is 1.60. The van der Waals surface area contributed by atoms with Crippen LogP contribution in [-0.4, -0.2) is 10.1 Å². The summed E-state index contributed by atoms with van der Waals surface area (Å²) in [5, 5.41) is 3.53. The Hall–Kier alpha value is -1.75. The number of benzene rings is 1. The van der Waals surface area contributed by atoms with Gasteiger partial charge in [-0.15, -0.1) is 12.4 Å². The molecule has 0 saturated heterocycles. The molecule has 74 valence electrons. The van der Waals surface area contributed by atoms with E-state index in [1.165, 1.54) is 0 Å². The summed E-state index contributed by atoms with van der Waals surface area (Å²) in [5.41, 5.74) is 6.89. The predicted octanol–water partition coefficient (Wildman–Crippen LogP) is 1.03. The maximum atomic E-state index is 10.6. The van der Waals surface area contributed by atoms with Crippen molar-refractivity contribution in [2.75, 3.05) is 5.73 Å². The van der Waals surface area contributed by atoms with Gasteiger partial charge in [0.25, 0.3) is 0 Å². The maximum Gasteiger partial charge on any atom is 0.439 e. The lowest BCUT2D eigenvalue weighted by Crippen LogP contribution is -1.95. The molecule has 2 aromatic rings. The highest BCUT2D eigenvalue weighted by Gasteiger charge is 2.02. The lowest BCUT2D eigenvalue weighted by atomic mass is 10.2. The monoisotopic (exact) mass is 213 g/mol. The summed E-state index contributed by atoms with van der Waals surface area (Å²) in [6.07, 6.45) is 0. The van der Waals surface area contributed by atoms with Crippen LogP contribution in [0.1, 0.15) is 0 Å². The predicted molar refractivity (Wildman–Crippen MR) is 54.2 cm³/mol. The fraction of sp³-hybridized carbons (Fsp3) is 0. The van der Waals surface area contributed by atoms with Gasteiger partial charge < -0.3 is 5.73 Å². The van der Waals surface area contributed by atoms with E-state index in [1.54, 1.807) is 24.3 Å². The van der Waals surface area contributed by atoms with Crippen molar-refractivity contribution in [3.63, 3.8) is 0 Å². The molecule has 0 bridgehead atoms. The number of nitrogens with two attached hydrogens (primary N) is 1. The van der Waals surface area contributed by atoms with E-state index < -0.39 is 5.76 Å². The Morgan fingerprint density at radius 3 is 2.79 bits per heavy atom. The molecular weight excluding hydrogens is 206 g/mol. The standard InChI is InChI=1S/C8H7N3O2.ClH/c9-6-3-1-2-5(4-6)7-10-8(12)13-11-7;/h1-4H,9H2,(H,10,11,12);1H. The molecule has 6 heteroatoms. The number of nitrogens with one attached hydrogen (secondary N) is 1. The van der Waals surface area contributed by atoms with Gasteiger partial charge in [-0.2, -0.15) is 0 Å². The number of aromatic nitrogens is 2. The summed E-state index contributed by atoms with van der Waals surface area (Å²) < 4.78 is 4.36. The second-order valence-corrected chi connectivity index (χ2v) is 2.57. The van der Waals surface area contributed by atoms with E-state index in [-0.39, 0.29) is 12.4 Å². The van der Waals surface area contributed by atoms with Gasteiger partial charge in [-0.25, -0.2) is 4.79 Å². The molecule has 0 aliphatic carbocycles. The van der Waals surface area contributed by atoms with Gasteiger partial charge in [-0.3, -0.25) is 9.51 Å². The molecule has 0 saturated carbocycles. The van der Waals surface area contributed by atoms with Crippen molar-refractivity contribution in [3.8, 4) is 11.4 Å². The van der Waals surface area contributed by atoms with E-state index in [2.05, 4.69) is 14.7 Å². The average Bonchev–Trinajstić information content (AvgIpc) is 2.52. The van der Waals surface area contributed by atoms with Crippen molar-refractivity contribution < 1.29 is 4.52 Å². The molecule has 3 N–H and O–H groups in total. The molecular formula is C8H8ClN3O2. The summed E-state index contributed by atoms with van der Waals surface area (Å²) >= 11 is 0. The zero-order chi connectivity index (χ0) is 9.26. The highest BCUT2D eigenvalue weighted by Crippen LogP contribution is 2.15. The number of anilines is 1. The SMILES string of the molecule is Cl.Nc1cccc(-c2noc(=O)[nH]2)c1. The third kappa shape index (κ3) is 1.94. The van der Waals surface area contributed by atoms with E-state index in [0.29, 0.717) is 11.5 Å². The average molecular weight is 214 g/mol. The third-order valence-corrected chi connectivity index (χ3v) is 1.60. The number of H-pyrrole nitrogens is 1. The lowest BCUT2D eigenvalue weighted by molar-refractivity contribution is 0.388. The Morgan fingerprint density at radius 2 is 2.21 bits per heavy atom. The van der Waals surface area contributed by atoms with Gasteiger partial charge in [0, 0.05) is 11.3 Å². The number of nitrogen functional groups attached to an aromatic ring is 1. The molecule has 0 aliphatic heterocycles. The first-order chi connectivity index (χ1) is 6.25. The van der Waals surface area contributed by atoms with Crippen LogP contribution in [0.3, 0.4) is 0 Å². The fourth-order valence-corrected chi connectivity index (χ4v) is 1.04. The van der Waals surface area contributed by atoms with Crippen molar-refractivity contribution >= 4 is 18.1 Å². The number of rotatable bonds is 1. The Kier molecular flexibility index (Phi) is 2.93. The number of aromatic amines is 1. The van der Waals surface area contributed by atoms with Crippen molar-refractivity contribution in [2.45, 2.75) is 0 Å². The molecule has 0 fully saturated rings. The quantitative estimate of drug-likeness (QED) is 0.693. The second kappa shape index (κ2) is 3.97. The zero-order valence-electron chi connectivity index (χ0n) is 7.06. The first-order valence-corrected chi connectivity index (χ1v) is 3.67. The fourth-order valence-electron chi connectivity index (χ4n) is 1.04. The largest absolute Gasteiger partial charge is 0.439 e. The molecule has 1 heterocycles. The first-order valence-electron chi connectivity index (χ1n) is 3.67. The summed E-state index contributed by atoms with van der Waals surface area (Å²) in [6, 6.07) is 7.01. The van der Waals surface area contributed by atoms with Gasteiger partial charge in [0.2, 0.25) is 0 Å². The van der Waals surface area contributed by atoms with E-state index in [4.69, 9.17) is 5.73 Å². The number of halogens is 1. The molecule has 2 rings (SSSR count). The van der Waals surface area contributed by atoms with E-state index in [0.717, 1.165) is 5.56 Å². The Morgan fingerprint density at radius 1 is 1.43 bits per heavy atom. The highest BCUT2D eigenvalue weighted by molar-refractivity contribution is 5.85. The van der Waals surface area contributed by atoms with Crippen LogP contribution in [0.25, 0.3) is 11.4 Å². The van der Waals surface area contributed by atoms with Gasteiger partial charge in [-0.05, 0) is 12.1 Å². The van der Waals surface area contributed by atoms with Crippen molar-refractivity contribution in [2.24, 2.45) is 0 Å². The van der Waals surface area contributed by atoms with Crippen LogP contribution in [0.15, 0.2) is 33.6 Å². The highest BCUT2D eigenvalue weighted by atomic mass is 35.5. The van der Waals surface area contributed by atoms with Gasteiger partial charge in [0.05, 0.1) is 0 Å². The van der Waals surface area contributed by atoms with Crippen molar-refractivity contribution in [1.29, 1.82) is 0 Å². The smallest absolute Gasteiger partial charge is 0.399 e. The van der Waals surface area contributed by atoms with Crippen molar-refractivity contribution in [1.82, 2.24) is 10.1 Å². The van der Waals surface area contributed by atoms with Gasteiger partial charge >= 0.3 is 5.76 Å². The maximum absolute atomic E-state index is 10.6. The minimum absolute atomic E-state index is 0. The van der Waals surface area contributed by atoms with Gasteiger partial charge in [-0.1, -0.05) is 17.3 Å². The minimum Gasteiger partial charge on any atom is -0.399 e. The van der Waals surface area contributed by atoms with E-state index >= 15 is 0 Å². The lowest BCUT2D eigenvalue weighted by Gasteiger charge is -1.95. The molecule has 0 radical (unpaired) electrons. The van der Waals surface area contributed by atoms with E-state index in [1.807, 2.05) is 0 Å². The second-order valence-electron chi connectivity index (χ2n) is 2.57. The molecule has 0 unspecified atom stereocenters. The summed E-state index contributed by atoms with van der Waals surface area (Å²) in [7, 11) is 0. The molecule has 5 nitrogen and oxygen atoms in total. The Balaban J connectivity index is 0.000000980. The summed E-state index contributed by atoms with van der Waals surface area (Å²) in [6.45, 7) is 0. The van der Waals surface area contributed by atoms with Crippen LogP contribution >= 0.6 is 12.4 Å². The number of hydrogen-bond donors (Lipinski definition) is 2. The molecule has 1 aromatic heterocycles. The van der Waals surface area contributed by atoms with Crippen LogP contribution in [0.4, 0.5) is 5.69 Å². The molecule has 0 amide bonds. The normalized spacial score (nSPS) is 9.43. The van der Waals surface area contributed by atoms with Crippen molar-refractivity contribution in [3.05, 3.63) is 34.8 Å². The molecule has 14 heavy (non-hydrogen) atoms. The van der Waals surface area contributed by atoms with Gasteiger partial charge in [0.1, 0.15) is 0 Å². The molecule has 1 aromatic carbocycles. The van der Waals surface area contributed by atoms with Crippen LogP contribution in [0, 0.1) is 0 Å². The topological polar surface area (TPSA) is 84.9 Å². The first kappa shape index (κ1) is 10.3. The van der Waals surface area contributed by atoms with Crippen LogP contribution in [0.2, 0.25) is 0 Å². The minimum atomic E-state index is -0.572. The number of nitrogens with zero attached hydrogens (tertiary/aromatic N) is 1. The molecule has 0 spiro atoms. The summed E-state index contributed by atoms with van der Waals surface area (Å²) in [5.74, 6) is -0.185. The Labute approximate surface area is 85.3 Å². The number of hydrogen-bond acceptors (Lipinski definition) is 4. The van der Waals surface area contributed by atoms with E-state index in [9.17, 15) is 4.79 Å². The molecule has 0 atom stereocenters. The zero-order valence-corrected chi connectivity index (χ0v) is 7.88. The van der Waals surface area contributed by atoms with Crippen LogP contribution < -0.4 is 11.5 Å². The summed E-state index contributed by atoms with van der Waals surface area (Å²) in [4.78, 5) is 13.1. The van der Waals surface area contributed by atoms with Gasteiger partial charge in [0.15, 0.2) is 5.82 Å². The van der Waals surface area contributed by atoms with Crippen LogP contribution in [0.5, 0.6) is 0 Å². The van der Waals surface area contributed by atoms with Crippen LogP contribution in [-0.2, 0) is 0 Å². The molecule has 0 aliphatic rings.